The van der Waals surface area contributed by atoms with Crippen molar-refractivity contribution in [3.8, 4) is 5.75 Å². The minimum absolute atomic E-state index is 0.0890. The SMILES string of the molecule is COc1cccc(CN2C(=NC(=O)Cc3ccccc3)S[C@@H]3CS(=O)(=O)C[C@H]32)c1. The highest BCUT2D eigenvalue weighted by atomic mass is 32.2. The number of hydrogen-bond acceptors (Lipinski definition) is 5. The Bertz CT molecular complexity index is 1040. The van der Waals surface area contributed by atoms with Crippen molar-refractivity contribution < 1.29 is 17.9 Å². The van der Waals surface area contributed by atoms with Gasteiger partial charge in [0, 0.05) is 11.8 Å². The Labute approximate surface area is 174 Å². The summed E-state index contributed by atoms with van der Waals surface area (Å²) in [4.78, 5) is 18.9. The smallest absolute Gasteiger partial charge is 0.252 e. The number of amides is 1. The van der Waals surface area contributed by atoms with Crippen molar-refractivity contribution in [1.82, 2.24) is 4.90 Å². The molecule has 0 radical (unpaired) electrons. The second-order valence-electron chi connectivity index (χ2n) is 7.23. The predicted octanol–water partition coefficient (Wildman–Crippen LogP) is 2.53. The molecule has 1 amide bonds. The fourth-order valence-electron chi connectivity index (χ4n) is 3.70. The number of carbonyl (C=O) groups excluding carboxylic acids is 1. The number of nitrogens with zero attached hydrogens (tertiary/aromatic N) is 2. The molecule has 2 aliphatic heterocycles. The Hall–Kier alpha value is -2.32. The van der Waals surface area contributed by atoms with Crippen molar-refractivity contribution in [3.05, 3.63) is 65.7 Å². The molecule has 2 aromatic carbocycles. The highest BCUT2D eigenvalue weighted by Gasteiger charge is 2.48. The minimum Gasteiger partial charge on any atom is -0.497 e. The van der Waals surface area contributed by atoms with Crippen LogP contribution in [0.5, 0.6) is 5.75 Å². The average molecular weight is 431 g/mol. The molecule has 0 bridgehead atoms. The number of sulfone groups is 1. The Kier molecular flexibility index (Phi) is 5.65. The standard InChI is InChI=1S/C21H22N2O4S2/c1-27-17-9-5-8-16(10-17)12-23-18-13-29(25,26)14-19(18)28-21(23)22-20(24)11-15-6-3-2-4-7-15/h2-10,18-19H,11-14H2,1H3/t18-,19-/m1/s1. The highest BCUT2D eigenvalue weighted by molar-refractivity contribution is 8.15. The third-order valence-electron chi connectivity index (χ3n) is 5.08. The van der Waals surface area contributed by atoms with Gasteiger partial charge >= 0.3 is 0 Å². The van der Waals surface area contributed by atoms with Crippen molar-refractivity contribution in [1.29, 1.82) is 0 Å². The third-order valence-corrected chi connectivity index (χ3v) is 8.33. The van der Waals surface area contributed by atoms with Gasteiger partial charge in [-0.15, -0.1) is 0 Å². The summed E-state index contributed by atoms with van der Waals surface area (Å²) >= 11 is 1.40. The molecule has 0 unspecified atom stereocenters. The van der Waals surface area contributed by atoms with E-state index in [0.29, 0.717) is 11.7 Å². The number of amidine groups is 1. The quantitative estimate of drug-likeness (QED) is 0.726. The van der Waals surface area contributed by atoms with Gasteiger partial charge in [-0.05, 0) is 23.3 Å². The van der Waals surface area contributed by atoms with Crippen LogP contribution in [0.1, 0.15) is 11.1 Å². The Morgan fingerprint density at radius 1 is 1.14 bits per heavy atom. The van der Waals surface area contributed by atoms with Crippen molar-refractivity contribution in [2.45, 2.75) is 24.3 Å². The van der Waals surface area contributed by atoms with E-state index in [9.17, 15) is 13.2 Å². The van der Waals surface area contributed by atoms with E-state index in [1.807, 2.05) is 59.5 Å². The van der Waals surface area contributed by atoms with Crippen LogP contribution in [0, 0.1) is 0 Å². The number of aliphatic imine (C=N–C) groups is 1. The van der Waals surface area contributed by atoms with Crippen LogP contribution in [0.15, 0.2) is 59.6 Å². The number of methoxy groups -OCH3 is 1. The second-order valence-corrected chi connectivity index (χ2v) is 10.6. The van der Waals surface area contributed by atoms with Crippen molar-refractivity contribution in [2.24, 2.45) is 4.99 Å². The lowest BCUT2D eigenvalue weighted by atomic mass is 10.1. The summed E-state index contributed by atoms with van der Waals surface area (Å²) in [6.45, 7) is 0.484. The van der Waals surface area contributed by atoms with Gasteiger partial charge in [0.1, 0.15) is 5.75 Å². The van der Waals surface area contributed by atoms with E-state index >= 15 is 0 Å². The monoisotopic (exact) mass is 430 g/mol. The minimum atomic E-state index is -3.07. The van der Waals surface area contributed by atoms with Gasteiger partial charge in [-0.2, -0.15) is 4.99 Å². The van der Waals surface area contributed by atoms with E-state index in [4.69, 9.17) is 4.74 Å². The summed E-state index contributed by atoms with van der Waals surface area (Å²) in [6, 6.07) is 17.0. The lowest BCUT2D eigenvalue weighted by molar-refractivity contribution is -0.117. The summed E-state index contributed by atoms with van der Waals surface area (Å²) in [5.41, 5.74) is 1.89. The molecule has 0 aliphatic carbocycles. The lowest BCUT2D eigenvalue weighted by Gasteiger charge is -2.24. The van der Waals surface area contributed by atoms with E-state index in [1.54, 1.807) is 7.11 Å². The van der Waals surface area contributed by atoms with Gasteiger partial charge in [0.05, 0.1) is 31.1 Å². The Morgan fingerprint density at radius 2 is 1.90 bits per heavy atom. The van der Waals surface area contributed by atoms with E-state index in [-0.39, 0.29) is 35.1 Å². The van der Waals surface area contributed by atoms with Crippen molar-refractivity contribution in [3.63, 3.8) is 0 Å². The molecule has 2 heterocycles. The summed E-state index contributed by atoms with van der Waals surface area (Å²) in [7, 11) is -1.46. The Balaban J connectivity index is 1.58. The molecule has 2 aromatic rings. The fourth-order valence-corrected chi connectivity index (χ4v) is 7.67. The van der Waals surface area contributed by atoms with Crippen LogP contribution in [0.3, 0.4) is 0 Å². The third kappa shape index (κ3) is 4.64. The maximum absolute atomic E-state index is 12.5. The number of ether oxygens (including phenoxy) is 1. The summed E-state index contributed by atoms with van der Waals surface area (Å²) in [5, 5.41) is 0.521. The topological polar surface area (TPSA) is 76.0 Å². The first-order valence-corrected chi connectivity index (χ1v) is 12.1. The van der Waals surface area contributed by atoms with Gasteiger partial charge in [-0.1, -0.05) is 54.2 Å². The first-order chi connectivity index (χ1) is 13.9. The van der Waals surface area contributed by atoms with Gasteiger partial charge in [-0.25, -0.2) is 8.42 Å². The number of thioether (sulfide) groups is 1. The summed E-state index contributed by atoms with van der Waals surface area (Å²) in [5.74, 6) is 0.740. The van der Waals surface area contributed by atoms with Crippen LogP contribution in [0.2, 0.25) is 0 Å². The number of hydrogen-bond donors (Lipinski definition) is 0. The molecule has 8 heteroatoms. The van der Waals surface area contributed by atoms with Crippen LogP contribution in [-0.4, -0.2) is 54.3 Å². The molecular weight excluding hydrogens is 408 g/mol. The molecule has 0 saturated carbocycles. The maximum Gasteiger partial charge on any atom is 0.252 e. The maximum atomic E-state index is 12.5. The molecule has 2 fully saturated rings. The molecule has 0 spiro atoms. The molecule has 2 saturated heterocycles. The van der Waals surface area contributed by atoms with Crippen LogP contribution >= 0.6 is 11.8 Å². The molecule has 0 aromatic heterocycles. The molecule has 6 nitrogen and oxygen atoms in total. The zero-order chi connectivity index (χ0) is 20.4. The fraction of sp³-hybridized carbons (Fsp3) is 0.333. The average Bonchev–Trinajstić information content (AvgIpc) is 3.15. The molecule has 2 aliphatic rings. The normalized spacial score (nSPS) is 23.9. The van der Waals surface area contributed by atoms with Gasteiger partial charge in [0.2, 0.25) is 0 Å². The van der Waals surface area contributed by atoms with Gasteiger partial charge < -0.3 is 9.64 Å². The zero-order valence-electron chi connectivity index (χ0n) is 16.0. The molecule has 0 N–H and O–H groups in total. The first-order valence-electron chi connectivity index (χ1n) is 9.35. The highest BCUT2D eigenvalue weighted by Crippen LogP contribution is 2.39. The first kappa shape index (κ1) is 20.0. The van der Waals surface area contributed by atoms with Crippen molar-refractivity contribution in [2.75, 3.05) is 18.6 Å². The predicted molar refractivity (Wildman–Crippen MR) is 115 cm³/mol. The molecule has 29 heavy (non-hydrogen) atoms. The molecule has 2 atom stereocenters. The van der Waals surface area contributed by atoms with Crippen LogP contribution in [0.4, 0.5) is 0 Å². The molecular formula is C21H22N2O4S2. The number of fused-ring (bicyclic) bond motifs is 1. The number of carbonyl (C=O) groups is 1. The van der Waals surface area contributed by atoms with Gasteiger partial charge in [0.15, 0.2) is 15.0 Å². The van der Waals surface area contributed by atoms with E-state index < -0.39 is 9.84 Å². The van der Waals surface area contributed by atoms with Crippen LogP contribution < -0.4 is 4.74 Å². The lowest BCUT2D eigenvalue weighted by Crippen LogP contribution is -2.37. The summed E-state index contributed by atoms with van der Waals surface area (Å²) < 4.78 is 29.6. The van der Waals surface area contributed by atoms with Gasteiger partial charge in [0.25, 0.3) is 5.91 Å². The van der Waals surface area contributed by atoms with E-state index in [1.165, 1.54) is 11.8 Å². The van der Waals surface area contributed by atoms with E-state index in [0.717, 1.165) is 16.9 Å². The molecule has 152 valence electrons. The zero-order valence-corrected chi connectivity index (χ0v) is 17.7. The number of rotatable bonds is 5. The summed E-state index contributed by atoms with van der Waals surface area (Å²) in [6.07, 6.45) is 0.228. The van der Waals surface area contributed by atoms with E-state index in [2.05, 4.69) is 4.99 Å². The van der Waals surface area contributed by atoms with Crippen LogP contribution in [-0.2, 0) is 27.6 Å². The largest absolute Gasteiger partial charge is 0.497 e. The Morgan fingerprint density at radius 3 is 2.66 bits per heavy atom. The van der Waals surface area contributed by atoms with Gasteiger partial charge in [-0.3, -0.25) is 4.79 Å². The second kappa shape index (κ2) is 8.20. The van der Waals surface area contributed by atoms with Crippen LogP contribution in [0.25, 0.3) is 0 Å². The van der Waals surface area contributed by atoms with Crippen molar-refractivity contribution >= 4 is 32.7 Å². The number of benzene rings is 2. The molecule has 4 rings (SSSR count).